The fraction of sp³-hybridized carbons (Fsp3) is 0.561. The summed E-state index contributed by atoms with van der Waals surface area (Å²) in [6.45, 7) is 39.5. The molecule has 0 spiro atoms. The standard InChI is InChI=1S/C17H26F3N3O.C15H17F3N2.C14H18ClNO.C11H19NO/c1-16(2,3)13-11-14(17(18,19)20)15(21-12-13)24-10-9-23-7-5-22(4)6-8-23;1-10-8-20(9-19-10)13-6-11(14(2,3)4)5-12(7-13)15(16,17)18;1-10-8-16(9-17-10)13-6-11(14(2,3)4)5-12(15)7-13;1-10(2,3)8-7-9(13-12-8)11(4,5)6/h11-12H,5-10H2,1-4H3;5-9H,1-4H3;5-8H,9H2,1-4H3;7H,1-6H3. The van der Waals surface area contributed by atoms with Crippen LogP contribution in [0.4, 0.5) is 32.0 Å². The number of rotatable bonds is 6. The number of benzene rings is 2. The minimum Gasteiger partial charge on any atom is -0.476 e. The minimum absolute atomic E-state index is 0.0521. The van der Waals surface area contributed by atoms with Gasteiger partial charge in [-0.25, -0.2) is 9.97 Å². The van der Waals surface area contributed by atoms with Gasteiger partial charge in [0.1, 0.15) is 23.7 Å². The van der Waals surface area contributed by atoms with E-state index in [1.807, 2.05) is 66.8 Å². The second kappa shape index (κ2) is 23.9. The van der Waals surface area contributed by atoms with E-state index in [1.54, 1.807) is 23.8 Å². The number of likely N-dealkylation sites (N-methyl/N-ethyl adjacent to an activating group) is 1. The molecular weight excluding hydrogens is 980 g/mol. The lowest BCUT2D eigenvalue weighted by molar-refractivity contribution is -0.139. The Hall–Kier alpha value is -5.06. The van der Waals surface area contributed by atoms with Crippen LogP contribution < -0.4 is 9.64 Å². The number of allylic oxidation sites excluding steroid dienone is 1. The van der Waals surface area contributed by atoms with Crippen LogP contribution in [0.5, 0.6) is 5.88 Å². The zero-order chi connectivity index (χ0) is 56.0. The van der Waals surface area contributed by atoms with Gasteiger partial charge < -0.3 is 28.4 Å². The first-order valence-corrected chi connectivity index (χ1v) is 25.3. The highest BCUT2D eigenvalue weighted by molar-refractivity contribution is 6.31. The molecule has 17 heteroatoms. The normalized spacial score (nSPS) is 15.3. The largest absolute Gasteiger partial charge is 0.476 e. The number of alkyl halides is 6. The van der Waals surface area contributed by atoms with Gasteiger partial charge in [-0.05, 0) is 96.3 Å². The lowest BCUT2D eigenvalue weighted by atomic mass is 9.85. The van der Waals surface area contributed by atoms with Crippen LogP contribution in [0, 0.1) is 6.92 Å². The first-order chi connectivity index (χ1) is 33.7. The molecule has 74 heavy (non-hydrogen) atoms. The van der Waals surface area contributed by atoms with Crippen LogP contribution in [0.15, 0.2) is 83.7 Å². The lowest BCUT2D eigenvalue weighted by Gasteiger charge is -2.32. The average Bonchev–Trinajstić information content (AvgIpc) is 4.05. The fourth-order valence-electron chi connectivity index (χ4n) is 7.21. The quantitative estimate of drug-likeness (QED) is 0.154. The Balaban J connectivity index is 0.000000218. The van der Waals surface area contributed by atoms with Crippen molar-refractivity contribution >= 4 is 17.3 Å². The van der Waals surface area contributed by atoms with E-state index in [0.29, 0.717) is 30.1 Å². The molecule has 0 saturated carbocycles. The van der Waals surface area contributed by atoms with Gasteiger partial charge in [-0.3, -0.25) is 4.90 Å². The average molecular weight is 1060 g/mol. The molecule has 7 rings (SSSR count). The molecule has 0 amide bonds. The highest BCUT2D eigenvalue weighted by Crippen LogP contribution is 2.39. The number of pyridine rings is 1. The van der Waals surface area contributed by atoms with Crippen LogP contribution >= 0.6 is 11.6 Å². The molecule has 5 aromatic rings. The van der Waals surface area contributed by atoms with E-state index in [-0.39, 0.29) is 34.1 Å². The van der Waals surface area contributed by atoms with Crippen LogP contribution in [0.1, 0.15) is 156 Å². The lowest BCUT2D eigenvalue weighted by Crippen LogP contribution is -2.45. The third-order valence-electron chi connectivity index (χ3n) is 12.3. The van der Waals surface area contributed by atoms with E-state index < -0.39 is 28.9 Å². The zero-order valence-corrected chi connectivity index (χ0v) is 47.6. The third-order valence-corrected chi connectivity index (χ3v) is 12.5. The maximum absolute atomic E-state index is 13.3. The number of hydrogen-bond donors (Lipinski definition) is 0. The zero-order valence-electron chi connectivity index (χ0n) is 46.9. The van der Waals surface area contributed by atoms with E-state index in [1.165, 1.54) is 24.2 Å². The summed E-state index contributed by atoms with van der Waals surface area (Å²) in [5, 5.41) is 4.85. The first-order valence-electron chi connectivity index (χ1n) is 24.9. The summed E-state index contributed by atoms with van der Waals surface area (Å²) in [6.07, 6.45) is -2.12. The Morgan fingerprint density at radius 2 is 1.19 bits per heavy atom. The number of aromatic nitrogens is 4. The van der Waals surface area contributed by atoms with Crippen molar-refractivity contribution in [1.82, 2.24) is 29.5 Å². The van der Waals surface area contributed by atoms with E-state index in [0.717, 1.165) is 71.9 Å². The molecule has 0 unspecified atom stereocenters. The van der Waals surface area contributed by atoms with Crippen LogP contribution in [-0.4, -0.2) is 82.6 Å². The molecule has 0 N–H and O–H groups in total. The molecule has 2 aromatic carbocycles. The van der Waals surface area contributed by atoms with Gasteiger partial charge in [-0.15, -0.1) is 0 Å². The summed E-state index contributed by atoms with van der Waals surface area (Å²) in [7, 11) is 2.06. The third kappa shape index (κ3) is 18.6. The fourth-order valence-corrected chi connectivity index (χ4v) is 7.44. The molecule has 10 nitrogen and oxygen atoms in total. The molecular formula is C57H80ClF6N7O3. The first kappa shape index (κ1) is 61.5. The Kier molecular flexibility index (Phi) is 19.8. The molecule has 5 heterocycles. The summed E-state index contributed by atoms with van der Waals surface area (Å²) in [6, 6.07) is 13.5. The van der Waals surface area contributed by atoms with Crippen LogP contribution in [0.25, 0.3) is 5.69 Å². The maximum Gasteiger partial charge on any atom is 0.421 e. The highest BCUT2D eigenvalue weighted by atomic mass is 35.5. The van der Waals surface area contributed by atoms with Crippen LogP contribution in [-0.2, 0) is 44.2 Å². The molecule has 1 saturated heterocycles. The molecule has 0 atom stereocenters. The number of aryl methyl sites for hydroxylation is 1. The van der Waals surface area contributed by atoms with Crippen molar-refractivity contribution in [3.8, 4) is 11.6 Å². The van der Waals surface area contributed by atoms with E-state index >= 15 is 0 Å². The number of anilines is 1. The van der Waals surface area contributed by atoms with E-state index in [9.17, 15) is 26.3 Å². The Morgan fingerprint density at radius 1 is 0.622 bits per heavy atom. The van der Waals surface area contributed by atoms with Gasteiger partial charge in [0.25, 0.3) is 0 Å². The number of ether oxygens (including phenoxy) is 2. The maximum atomic E-state index is 13.3. The number of halogens is 7. The number of hydrogen-bond acceptors (Lipinski definition) is 9. The van der Waals surface area contributed by atoms with Crippen molar-refractivity contribution in [1.29, 1.82) is 0 Å². The molecule has 2 aliphatic heterocycles. The Labute approximate surface area is 441 Å². The van der Waals surface area contributed by atoms with Crippen molar-refractivity contribution in [2.45, 2.75) is 157 Å². The van der Waals surface area contributed by atoms with Crippen molar-refractivity contribution in [2.75, 3.05) is 58.0 Å². The number of imidazole rings is 1. The summed E-state index contributed by atoms with van der Waals surface area (Å²) in [5.41, 5.74) is 3.81. The smallest absolute Gasteiger partial charge is 0.421 e. The van der Waals surface area contributed by atoms with Gasteiger partial charge in [0.2, 0.25) is 5.88 Å². The van der Waals surface area contributed by atoms with Crippen molar-refractivity contribution in [2.24, 2.45) is 0 Å². The van der Waals surface area contributed by atoms with Gasteiger partial charge in [0, 0.05) is 84.6 Å². The molecule has 0 aliphatic carbocycles. The van der Waals surface area contributed by atoms with Gasteiger partial charge in [0.05, 0.1) is 23.3 Å². The molecule has 1 fully saturated rings. The van der Waals surface area contributed by atoms with Crippen LogP contribution in [0.2, 0.25) is 5.02 Å². The van der Waals surface area contributed by atoms with Gasteiger partial charge in [-0.2, -0.15) is 26.3 Å². The topological polar surface area (TPSA) is 84.9 Å². The molecule has 2 aliphatic rings. The summed E-state index contributed by atoms with van der Waals surface area (Å²) < 4.78 is 96.7. The van der Waals surface area contributed by atoms with Gasteiger partial charge in [0.15, 0.2) is 6.73 Å². The predicted octanol–water partition coefficient (Wildman–Crippen LogP) is 15.1. The Bertz CT molecular complexity index is 2570. The SMILES string of the molecule is CC(C)(C)c1cc(C(C)(C)C)on1.CC1=CN(c2cc(Cl)cc(C(C)(C)C)c2)CO1.CN1CCN(CCOc2ncc(C(C)(C)C)cc2C(F)(F)F)CC1.Cc1cn(-c2cc(C(C)(C)C)cc(C(F)(F)F)c2)cn1. The summed E-state index contributed by atoms with van der Waals surface area (Å²) in [5.74, 6) is 1.56. The predicted molar refractivity (Wildman–Crippen MR) is 286 cm³/mol. The molecule has 0 radical (unpaired) electrons. The number of nitrogens with zero attached hydrogens (tertiary/aromatic N) is 7. The summed E-state index contributed by atoms with van der Waals surface area (Å²) >= 11 is 6.18. The second-order valence-electron chi connectivity index (χ2n) is 24.3. The van der Waals surface area contributed by atoms with Crippen molar-refractivity contribution in [3.05, 3.63) is 129 Å². The second-order valence-corrected chi connectivity index (χ2v) is 24.7. The highest BCUT2D eigenvalue weighted by Gasteiger charge is 2.37. The minimum atomic E-state index is -4.47. The molecule has 410 valence electrons. The molecule has 3 aromatic heterocycles. The van der Waals surface area contributed by atoms with E-state index in [2.05, 4.69) is 111 Å². The van der Waals surface area contributed by atoms with Crippen molar-refractivity contribution in [3.63, 3.8) is 0 Å². The number of piperazine rings is 1. The van der Waals surface area contributed by atoms with E-state index in [4.69, 9.17) is 25.6 Å². The van der Waals surface area contributed by atoms with Gasteiger partial charge in [-0.1, -0.05) is 121 Å². The van der Waals surface area contributed by atoms with Crippen LogP contribution in [0.3, 0.4) is 0 Å². The van der Waals surface area contributed by atoms with Gasteiger partial charge >= 0.3 is 12.4 Å². The summed E-state index contributed by atoms with van der Waals surface area (Å²) in [4.78, 5) is 14.5. The Morgan fingerprint density at radius 3 is 1.65 bits per heavy atom. The molecule has 0 bridgehead atoms. The monoisotopic (exact) mass is 1060 g/mol. The van der Waals surface area contributed by atoms with Crippen molar-refractivity contribution < 1.29 is 40.3 Å².